The van der Waals surface area contributed by atoms with Crippen LogP contribution in [0.4, 0.5) is 0 Å². The molecule has 0 saturated heterocycles. The van der Waals surface area contributed by atoms with Crippen LogP contribution in [-0.4, -0.2) is 4.98 Å². The van der Waals surface area contributed by atoms with Crippen molar-refractivity contribution >= 4 is 23.7 Å². The zero-order chi connectivity index (χ0) is 11.7. The van der Waals surface area contributed by atoms with E-state index in [-0.39, 0.29) is 18.4 Å². The predicted molar refractivity (Wildman–Crippen MR) is 76.9 cm³/mol. The van der Waals surface area contributed by atoms with E-state index < -0.39 is 0 Å². The molecule has 0 bridgehead atoms. The molecule has 0 spiro atoms. The van der Waals surface area contributed by atoms with E-state index in [1.54, 1.807) is 11.3 Å². The lowest BCUT2D eigenvalue weighted by atomic mass is 10.1. The minimum absolute atomic E-state index is 0. The van der Waals surface area contributed by atoms with E-state index >= 15 is 0 Å². The van der Waals surface area contributed by atoms with Crippen LogP contribution < -0.4 is 5.73 Å². The van der Waals surface area contributed by atoms with Gasteiger partial charge in [0.25, 0.3) is 0 Å². The molecular formula is C13H17ClN2S. The van der Waals surface area contributed by atoms with Gasteiger partial charge in [-0.3, -0.25) is 0 Å². The van der Waals surface area contributed by atoms with Crippen molar-refractivity contribution in [2.45, 2.75) is 26.8 Å². The van der Waals surface area contributed by atoms with Gasteiger partial charge in [0.1, 0.15) is 5.01 Å². The summed E-state index contributed by atoms with van der Waals surface area (Å²) < 4.78 is 0. The molecule has 4 heteroatoms. The van der Waals surface area contributed by atoms with Crippen LogP contribution in [0.15, 0.2) is 24.3 Å². The molecule has 0 aliphatic heterocycles. The van der Waals surface area contributed by atoms with E-state index in [0.29, 0.717) is 0 Å². The molecule has 0 radical (unpaired) electrons. The first kappa shape index (κ1) is 14.2. The van der Waals surface area contributed by atoms with Crippen molar-refractivity contribution in [2.24, 2.45) is 5.73 Å². The fraction of sp³-hybridized carbons (Fsp3) is 0.308. The Balaban J connectivity index is 0.00000144. The number of nitrogens with two attached hydrogens (primary N) is 1. The smallest absolute Gasteiger partial charge is 0.123 e. The molecule has 0 fully saturated rings. The molecule has 1 unspecified atom stereocenters. The maximum Gasteiger partial charge on any atom is 0.123 e. The second kappa shape index (κ2) is 5.63. The third-order valence-corrected chi connectivity index (χ3v) is 3.92. The SMILES string of the molecule is Cc1cccc(-c2nc(C)c(C(C)N)s2)c1.Cl. The minimum Gasteiger partial charge on any atom is -0.323 e. The molecule has 0 amide bonds. The number of rotatable bonds is 2. The summed E-state index contributed by atoms with van der Waals surface area (Å²) in [5.74, 6) is 0. The van der Waals surface area contributed by atoms with E-state index in [9.17, 15) is 0 Å². The molecule has 0 aliphatic carbocycles. The Kier molecular flexibility index (Phi) is 4.69. The zero-order valence-corrected chi connectivity index (χ0v) is 11.9. The minimum atomic E-state index is 0. The molecule has 92 valence electrons. The molecule has 1 aromatic heterocycles. The topological polar surface area (TPSA) is 38.9 Å². The first-order chi connectivity index (χ1) is 7.58. The largest absolute Gasteiger partial charge is 0.323 e. The fourth-order valence-corrected chi connectivity index (χ4v) is 2.75. The molecule has 0 saturated carbocycles. The molecule has 17 heavy (non-hydrogen) atoms. The van der Waals surface area contributed by atoms with Gasteiger partial charge in [0, 0.05) is 16.5 Å². The van der Waals surface area contributed by atoms with Crippen LogP contribution in [0.5, 0.6) is 0 Å². The maximum atomic E-state index is 5.91. The fourth-order valence-electron chi connectivity index (χ4n) is 1.73. The molecule has 2 rings (SSSR count). The number of aryl methyl sites for hydroxylation is 2. The quantitative estimate of drug-likeness (QED) is 0.898. The highest BCUT2D eigenvalue weighted by molar-refractivity contribution is 7.15. The molecule has 2 aromatic rings. The van der Waals surface area contributed by atoms with Gasteiger partial charge in [-0.05, 0) is 26.8 Å². The Morgan fingerprint density at radius 3 is 2.53 bits per heavy atom. The summed E-state index contributed by atoms with van der Waals surface area (Å²) in [6.45, 7) is 6.12. The van der Waals surface area contributed by atoms with Crippen molar-refractivity contribution < 1.29 is 0 Å². The Hall–Kier alpha value is -0.900. The number of nitrogens with zero attached hydrogens (tertiary/aromatic N) is 1. The standard InChI is InChI=1S/C13H16N2S.ClH/c1-8-5-4-6-11(7-8)13-15-10(3)12(16-13)9(2)14;/h4-7,9H,14H2,1-3H3;1H. The van der Waals surface area contributed by atoms with Crippen molar-refractivity contribution in [2.75, 3.05) is 0 Å². The van der Waals surface area contributed by atoms with Crippen LogP contribution in [0, 0.1) is 13.8 Å². The van der Waals surface area contributed by atoms with E-state index in [1.807, 2.05) is 13.8 Å². The van der Waals surface area contributed by atoms with Crippen molar-refractivity contribution in [3.05, 3.63) is 40.4 Å². The van der Waals surface area contributed by atoms with Crippen LogP contribution in [-0.2, 0) is 0 Å². The number of hydrogen-bond donors (Lipinski definition) is 1. The Labute approximate surface area is 112 Å². The van der Waals surface area contributed by atoms with Gasteiger partial charge < -0.3 is 5.73 Å². The highest BCUT2D eigenvalue weighted by atomic mass is 35.5. The molecule has 2 N–H and O–H groups in total. The van der Waals surface area contributed by atoms with Crippen molar-refractivity contribution in [1.29, 1.82) is 0 Å². The summed E-state index contributed by atoms with van der Waals surface area (Å²) in [6, 6.07) is 8.47. The van der Waals surface area contributed by atoms with Gasteiger partial charge >= 0.3 is 0 Å². The highest BCUT2D eigenvalue weighted by Crippen LogP contribution is 2.31. The summed E-state index contributed by atoms with van der Waals surface area (Å²) >= 11 is 1.69. The normalized spacial score (nSPS) is 12.0. The lowest BCUT2D eigenvalue weighted by Gasteiger charge is -2.00. The van der Waals surface area contributed by atoms with E-state index in [4.69, 9.17) is 5.73 Å². The van der Waals surface area contributed by atoms with E-state index in [0.717, 1.165) is 10.7 Å². The van der Waals surface area contributed by atoms with Crippen LogP contribution >= 0.6 is 23.7 Å². The number of halogens is 1. The molecule has 0 aliphatic rings. The Morgan fingerprint density at radius 2 is 2.00 bits per heavy atom. The molecule has 1 atom stereocenters. The molecule has 1 heterocycles. The van der Waals surface area contributed by atoms with Crippen LogP contribution in [0.1, 0.15) is 29.1 Å². The zero-order valence-electron chi connectivity index (χ0n) is 10.2. The van der Waals surface area contributed by atoms with Crippen LogP contribution in [0.3, 0.4) is 0 Å². The second-order valence-corrected chi connectivity index (χ2v) is 5.16. The van der Waals surface area contributed by atoms with Crippen molar-refractivity contribution in [1.82, 2.24) is 4.98 Å². The first-order valence-corrected chi connectivity index (χ1v) is 6.19. The van der Waals surface area contributed by atoms with E-state index in [2.05, 4.69) is 36.2 Å². The van der Waals surface area contributed by atoms with Gasteiger partial charge in [0.05, 0.1) is 5.69 Å². The lowest BCUT2D eigenvalue weighted by molar-refractivity contribution is 0.825. The summed E-state index contributed by atoms with van der Waals surface area (Å²) in [4.78, 5) is 5.76. The van der Waals surface area contributed by atoms with Gasteiger partial charge in [0.2, 0.25) is 0 Å². The highest BCUT2D eigenvalue weighted by Gasteiger charge is 2.12. The predicted octanol–water partition coefficient (Wildman–Crippen LogP) is 3.87. The third-order valence-electron chi connectivity index (χ3n) is 2.51. The van der Waals surface area contributed by atoms with Crippen LogP contribution in [0.2, 0.25) is 0 Å². The van der Waals surface area contributed by atoms with Gasteiger partial charge in [0.15, 0.2) is 0 Å². The monoisotopic (exact) mass is 268 g/mol. The Bertz CT molecular complexity index is 506. The van der Waals surface area contributed by atoms with Gasteiger partial charge in [-0.1, -0.05) is 23.8 Å². The van der Waals surface area contributed by atoms with Crippen molar-refractivity contribution in [3.63, 3.8) is 0 Å². The average molecular weight is 269 g/mol. The Morgan fingerprint density at radius 1 is 1.29 bits per heavy atom. The number of thiazole rings is 1. The lowest BCUT2D eigenvalue weighted by Crippen LogP contribution is -2.03. The van der Waals surface area contributed by atoms with E-state index in [1.165, 1.54) is 16.0 Å². The van der Waals surface area contributed by atoms with Gasteiger partial charge in [-0.15, -0.1) is 23.7 Å². The number of aromatic nitrogens is 1. The van der Waals surface area contributed by atoms with Gasteiger partial charge in [-0.2, -0.15) is 0 Å². The number of benzene rings is 1. The summed E-state index contributed by atoms with van der Waals surface area (Å²) in [7, 11) is 0. The average Bonchev–Trinajstić information content (AvgIpc) is 2.60. The van der Waals surface area contributed by atoms with Crippen LogP contribution in [0.25, 0.3) is 10.6 Å². The van der Waals surface area contributed by atoms with Crippen molar-refractivity contribution in [3.8, 4) is 10.6 Å². The third kappa shape index (κ3) is 3.06. The molecule has 1 aromatic carbocycles. The maximum absolute atomic E-state index is 5.91. The summed E-state index contributed by atoms with van der Waals surface area (Å²) in [5, 5.41) is 1.06. The summed E-state index contributed by atoms with van der Waals surface area (Å²) in [6.07, 6.45) is 0. The molecular weight excluding hydrogens is 252 g/mol. The number of hydrogen-bond acceptors (Lipinski definition) is 3. The van der Waals surface area contributed by atoms with Gasteiger partial charge in [-0.25, -0.2) is 4.98 Å². The molecule has 2 nitrogen and oxygen atoms in total. The second-order valence-electron chi connectivity index (χ2n) is 4.13. The summed E-state index contributed by atoms with van der Waals surface area (Å²) in [5.41, 5.74) is 9.40. The first-order valence-electron chi connectivity index (χ1n) is 5.38.